The summed E-state index contributed by atoms with van der Waals surface area (Å²) in [6, 6.07) is 1.33. The van der Waals surface area contributed by atoms with Gasteiger partial charge in [0, 0.05) is 18.0 Å². The lowest BCUT2D eigenvalue weighted by molar-refractivity contribution is -0.120. The van der Waals surface area contributed by atoms with Crippen LogP contribution < -0.4 is 5.32 Å². The number of sulfonamides is 1. The Labute approximate surface area is 147 Å². The Morgan fingerprint density at radius 3 is 2.76 bits per heavy atom. The minimum Gasteiger partial charge on any atom is -0.323 e. The fraction of sp³-hybridized carbons (Fsp3) is 0.562. The molecule has 1 amide bonds. The van der Waals surface area contributed by atoms with E-state index < -0.39 is 16.1 Å². The van der Waals surface area contributed by atoms with E-state index in [9.17, 15) is 13.2 Å². The van der Waals surface area contributed by atoms with Crippen molar-refractivity contribution in [1.82, 2.24) is 19.1 Å². The van der Waals surface area contributed by atoms with Gasteiger partial charge in [-0.1, -0.05) is 6.42 Å². The summed E-state index contributed by atoms with van der Waals surface area (Å²) in [5, 5.41) is 7.93. The number of piperidine rings is 1. The van der Waals surface area contributed by atoms with E-state index in [1.165, 1.54) is 4.31 Å². The van der Waals surface area contributed by atoms with E-state index in [-0.39, 0.29) is 11.9 Å². The standard InChI is InChI=1S/C16H23N5O3S/c1-11(2)21-15-12(9-18-21)8-13(10-17-15)19-16(22)14-6-4-5-7-20(14)25(3,23)24/h8-11,14H,4-7H2,1-3H3,(H,19,22)/t14-/m1/s1. The molecule has 25 heavy (non-hydrogen) atoms. The predicted octanol–water partition coefficient (Wildman–Crippen LogP) is 1.76. The van der Waals surface area contributed by atoms with Crippen molar-refractivity contribution in [3.63, 3.8) is 0 Å². The van der Waals surface area contributed by atoms with Crippen LogP contribution in [0.2, 0.25) is 0 Å². The molecule has 1 fully saturated rings. The third-order valence-corrected chi connectivity index (χ3v) is 5.66. The molecule has 1 saturated heterocycles. The average Bonchev–Trinajstić information content (AvgIpc) is 2.97. The van der Waals surface area contributed by atoms with Gasteiger partial charge in [-0.25, -0.2) is 18.1 Å². The summed E-state index contributed by atoms with van der Waals surface area (Å²) >= 11 is 0. The molecule has 0 spiro atoms. The van der Waals surface area contributed by atoms with Gasteiger partial charge in [0.05, 0.1) is 24.3 Å². The maximum atomic E-state index is 12.6. The Kier molecular flexibility index (Phi) is 4.79. The van der Waals surface area contributed by atoms with Gasteiger partial charge in [-0.15, -0.1) is 0 Å². The molecular formula is C16H23N5O3S. The summed E-state index contributed by atoms with van der Waals surface area (Å²) in [6.45, 7) is 4.43. The van der Waals surface area contributed by atoms with E-state index in [2.05, 4.69) is 15.4 Å². The minimum absolute atomic E-state index is 0.191. The molecule has 8 nitrogen and oxygen atoms in total. The highest BCUT2D eigenvalue weighted by Gasteiger charge is 2.34. The van der Waals surface area contributed by atoms with Crippen LogP contribution in [0.15, 0.2) is 18.5 Å². The van der Waals surface area contributed by atoms with Crippen molar-refractivity contribution >= 4 is 32.7 Å². The maximum Gasteiger partial charge on any atom is 0.242 e. The maximum absolute atomic E-state index is 12.6. The lowest BCUT2D eigenvalue weighted by atomic mass is 10.0. The first-order chi connectivity index (χ1) is 11.8. The number of rotatable bonds is 4. The van der Waals surface area contributed by atoms with Crippen LogP contribution in [0.25, 0.3) is 11.0 Å². The van der Waals surface area contributed by atoms with Gasteiger partial charge in [0.15, 0.2) is 5.65 Å². The normalized spacial score (nSPS) is 19.4. The second-order valence-electron chi connectivity index (χ2n) is 6.69. The number of hydrogen-bond acceptors (Lipinski definition) is 5. The fourth-order valence-electron chi connectivity index (χ4n) is 3.18. The summed E-state index contributed by atoms with van der Waals surface area (Å²) in [6.07, 6.45) is 6.57. The van der Waals surface area contributed by atoms with Crippen LogP contribution in [0, 0.1) is 0 Å². The van der Waals surface area contributed by atoms with Crippen LogP contribution in [-0.2, 0) is 14.8 Å². The van der Waals surface area contributed by atoms with E-state index in [0.29, 0.717) is 18.7 Å². The number of aromatic nitrogens is 3. The molecule has 0 radical (unpaired) electrons. The second kappa shape index (κ2) is 6.72. The molecule has 136 valence electrons. The number of hydrogen-bond donors (Lipinski definition) is 1. The Balaban J connectivity index is 1.81. The Morgan fingerprint density at radius 1 is 1.32 bits per heavy atom. The third-order valence-electron chi connectivity index (χ3n) is 4.37. The zero-order chi connectivity index (χ0) is 18.2. The van der Waals surface area contributed by atoms with Crippen molar-refractivity contribution < 1.29 is 13.2 Å². The molecule has 9 heteroatoms. The Morgan fingerprint density at radius 2 is 2.08 bits per heavy atom. The lowest BCUT2D eigenvalue weighted by Crippen LogP contribution is -2.49. The molecule has 1 aliphatic heterocycles. The van der Waals surface area contributed by atoms with Crippen LogP contribution in [0.4, 0.5) is 5.69 Å². The number of fused-ring (bicyclic) bond motifs is 1. The molecule has 3 rings (SSSR count). The summed E-state index contributed by atoms with van der Waals surface area (Å²) in [7, 11) is -3.41. The predicted molar refractivity (Wildman–Crippen MR) is 95.7 cm³/mol. The number of anilines is 1. The molecule has 0 aliphatic carbocycles. The molecule has 0 unspecified atom stereocenters. The van der Waals surface area contributed by atoms with Gasteiger partial charge in [-0.05, 0) is 32.8 Å². The summed E-state index contributed by atoms with van der Waals surface area (Å²) in [5.74, 6) is -0.317. The number of amides is 1. The monoisotopic (exact) mass is 365 g/mol. The highest BCUT2D eigenvalue weighted by atomic mass is 32.2. The van der Waals surface area contributed by atoms with Crippen molar-refractivity contribution in [2.75, 3.05) is 18.1 Å². The van der Waals surface area contributed by atoms with E-state index in [0.717, 1.165) is 30.1 Å². The summed E-state index contributed by atoms with van der Waals surface area (Å²) in [5.41, 5.74) is 1.29. The van der Waals surface area contributed by atoms with Gasteiger partial charge >= 0.3 is 0 Å². The minimum atomic E-state index is -3.41. The zero-order valence-electron chi connectivity index (χ0n) is 14.6. The topological polar surface area (TPSA) is 97.2 Å². The van der Waals surface area contributed by atoms with Gasteiger partial charge in [0.25, 0.3) is 0 Å². The molecule has 2 aromatic rings. The van der Waals surface area contributed by atoms with Crippen molar-refractivity contribution in [3.05, 3.63) is 18.5 Å². The van der Waals surface area contributed by atoms with Crippen LogP contribution >= 0.6 is 0 Å². The van der Waals surface area contributed by atoms with Gasteiger partial charge in [-0.3, -0.25) is 4.79 Å². The van der Waals surface area contributed by atoms with E-state index >= 15 is 0 Å². The molecule has 2 aromatic heterocycles. The van der Waals surface area contributed by atoms with Gasteiger partial charge in [-0.2, -0.15) is 9.40 Å². The third kappa shape index (κ3) is 3.67. The van der Waals surface area contributed by atoms with Crippen LogP contribution in [0.5, 0.6) is 0 Å². The molecule has 3 heterocycles. The second-order valence-corrected chi connectivity index (χ2v) is 8.63. The van der Waals surface area contributed by atoms with Crippen molar-refractivity contribution in [3.8, 4) is 0 Å². The van der Waals surface area contributed by atoms with Gasteiger partial charge < -0.3 is 5.32 Å². The summed E-state index contributed by atoms with van der Waals surface area (Å²) in [4.78, 5) is 17.0. The molecule has 0 bridgehead atoms. The highest BCUT2D eigenvalue weighted by Crippen LogP contribution is 2.23. The molecular weight excluding hydrogens is 342 g/mol. The Bertz CT molecular complexity index is 890. The molecule has 1 aliphatic rings. The summed E-state index contributed by atoms with van der Waals surface area (Å²) < 4.78 is 26.9. The quantitative estimate of drug-likeness (QED) is 0.890. The van der Waals surface area contributed by atoms with E-state index in [4.69, 9.17) is 0 Å². The first-order valence-electron chi connectivity index (χ1n) is 8.38. The SMILES string of the molecule is CC(C)n1ncc2cc(NC(=O)[C@H]3CCCCN3S(C)(=O)=O)cnc21. The number of pyridine rings is 1. The van der Waals surface area contributed by atoms with Crippen molar-refractivity contribution in [2.24, 2.45) is 0 Å². The highest BCUT2D eigenvalue weighted by molar-refractivity contribution is 7.88. The van der Waals surface area contributed by atoms with E-state index in [1.54, 1.807) is 18.5 Å². The first-order valence-corrected chi connectivity index (χ1v) is 10.2. The molecule has 1 N–H and O–H groups in total. The van der Waals surface area contributed by atoms with Crippen LogP contribution in [-0.4, -0.2) is 52.2 Å². The smallest absolute Gasteiger partial charge is 0.242 e. The molecule has 1 atom stereocenters. The molecule has 0 aromatic carbocycles. The zero-order valence-corrected chi connectivity index (χ0v) is 15.5. The number of carbonyl (C=O) groups is 1. The fourth-order valence-corrected chi connectivity index (χ4v) is 4.30. The van der Waals surface area contributed by atoms with Gasteiger partial charge in [0.2, 0.25) is 15.9 Å². The van der Waals surface area contributed by atoms with Gasteiger partial charge in [0.1, 0.15) is 6.04 Å². The van der Waals surface area contributed by atoms with Crippen molar-refractivity contribution in [1.29, 1.82) is 0 Å². The number of carbonyl (C=O) groups excluding carboxylic acids is 1. The van der Waals surface area contributed by atoms with Crippen LogP contribution in [0.1, 0.15) is 39.2 Å². The Hall–Kier alpha value is -2.00. The molecule has 0 saturated carbocycles. The number of nitrogens with one attached hydrogen (secondary N) is 1. The largest absolute Gasteiger partial charge is 0.323 e. The van der Waals surface area contributed by atoms with Crippen LogP contribution in [0.3, 0.4) is 0 Å². The first kappa shape index (κ1) is 17.8. The van der Waals surface area contributed by atoms with E-state index in [1.807, 2.05) is 18.5 Å². The lowest BCUT2D eigenvalue weighted by Gasteiger charge is -2.32. The number of nitrogens with zero attached hydrogens (tertiary/aromatic N) is 4. The van der Waals surface area contributed by atoms with Crippen molar-refractivity contribution in [2.45, 2.75) is 45.2 Å². The average molecular weight is 365 g/mol.